The third-order valence-corrected chi connectivity index (χ3v) is 2.25. The predicted molar refractivity (Wildman–Crippen MR) is 66.8 cm³/mol. The first-order valence-electron chi connectivity index (χ1n) is 5.38. The Kier molecular flexibility index (Phi) is 5.17. The third kappa shape index (κ3) is 4.25. The fourth-order valence-electron chi connectivity index (χ4n) is 1.24. The van der Waals surface area contributed by atoms with Gasteiger partial charge >= 0.3 is 5.97 Å². The van der Waals surface area contributed by atoms with Gasteiger partial charge in [-0.05, 0) is 30.5 Å². The molecule has 0 amide bonds. The molecule has 0 aromatic heterocycles. The molecular formula is C14H16O3. The Morgan fingerprint density at radius 2 is 2.00 bits per heavy atom. The molecule has 17 heavy (non-hydrogen) atoms. The molecule has 0 saturated carbocycles. The SMILES string of the molecule is C=CCCc1ccc(OC(=O)C(=C)CO)cc1. The van der Waals surface area contributed by atoms with Crippen LogP contribution in [0.2, 0.25) is 0 Å². The molecule has 1 aromatic rings. The molecular weight excluding hydrogens is 216 g/mol. The third-order valence-electron chi connectivity index (χ3n) is 2.25. The van der Waals surface area contributed by atoms with E-state index in [1.807, 2.05) is 18.2 Å². The Labute approximate surface area is 101 Å². The molecule has 0 fully saturated rings. The van der Waals surface area contributed by atoms with Gasteiger partial charge in [-0.25, -0.2) is 4.79 Å². The molecule has 0 saturated heterocycles. The second-order valence-corrected chi connectivity index (χ2v) is 3.62. The largest absolute Gasteiger partial charge is 0.423 e. The van der Waals surface area contributed by atoms with Gasteiger partial charge in [-0.1, -0.05) is 24.8 Å². The number of aryl methyl sites for hydroxylation is 1. The van der Waals surface area contributed by atoms with E-state index in [4.69, 9.17) is 9.84 Å². The Hall–Kier alpha value is -1.87. The number of benzene rings is 1. The maximum Gasteiger partial charge on any atom is 0.341 e. The molecule has 0 bridgehead atoms. The number of hydrogen-bond donors (Lipinski definition) is 1. The van der Waals surface area contributed by atoms with Gasteiger partial charge < -0.3 is 9.84 Å². The van der Waals surface area contributed by atoms with Crippen molar-refractivity contribution in [1.82, 2.24) is 0 Å². The predicted octanol–water partition coefficient (Wildman–Crippen LogP) is 2.26. The molecule has 0 aliphatic carbocycles. The van der Waals surface area contributed by atoms with Crippen LogP contribution in [-0.4, -0.2) is 17.7 Å². The Morgan fingerprint density at radius 1 is 1.35 bits per heavy atom. The second kappa shape index (κ2) is 6.66. The van der Waals surface area contributed by atoms with Crippen LogP contribution in [0.4, 0.5) is 0 Å². The lowest BCUT2D eigenvalue weighted by molar-refractivity contribution is -0.130. The average molecular weight is 232 g/mol. The van der Waals surface area contributed by atoms with Crippen molar-refractivity contribution < 1.29 is 14.6 Å². The maximum absolute atomic E-state index is 11.3. The highest BCUT2D eigenvalue weighted by atomic mass is 16.5. The monoisotopic (exact) mass is 232 g/mol. The van der Waals surface area contributed by atoms with Crippen molar-refractivity contribution in [1.29, 1.82) is 0 Å². The smallest absolute Gasteiger partial charge is 0.341 e. The van der Waals surface area contributed by atoms with Crippen molar-refractivity contribution in [3.63, 3.8) is 0 Å². The number of aliphatic hydroxyl groups is 1. The molecule has 0 atom stereocenters. The summed E-state index contributed by atoms with van der Waals surface area (Å²) in [6, 6.07) is 7.24. The van der Waals surface area contributed by atoms with Crippen LogP contribution in [0.15, 0.2) is 49.1 Å². The number of carbonyl (C=O) groups excluding carboxylic acids is 1. The lowest BCUT2D eigenvalue weighted by Gasteiger charge is -2.05. The number of carbonyl (C=O) groups is 1. The topological polar surface area (TPSA) is 46.5 Å². The Balaban J connectivity index is 2.59. The van der Waals surface area contributed by atoms with E-state index in [0.717, 1.165) is 18.4 Å². The Bertz CT molecular complexity index is 404. The van der Waals surface area contributed by atoms with Crippen LogP contribution >= 0.6 is 0 Å². The number of esters is 1. The second-order valence-electron chi connectivity index (χ2n) is 3.62. The van der Waals surface area contributed by atoms with Gasteiger partial charge in [0, 0.05) is 0 Å². The van der Waals surface area contributed by atoms with Gasteiger partial charge in [-0.3, -0.25) is 0 Å². The highest BCUT2D eigenvalue weighted by molar-refractivity contribution is 5.89. The van der Waals surface area contributed by atoms with Crippen molar-refractivity contribution in [2.24, 2.45) is 0 Å². The minimum Gasteiger partial charge on any atom is -0.423 e. The zero-order valence-electron chi connectivity index (χ0n) is 9.69. The summed E-state index contributed by atoms with van der Waals surface area (Å²) in [5, 5.41) is 8.71. The van der Waals surface area contributed by atoms with Crippen LogP contribution in [0.1, 0.15) is 12.0 Å². The van der Waals surface area contributed by atoms with Crippen LogP contribution in [0.5, 0.6) is 5.75 Å². The highest BCUT2D eigenvalue weighted by Gasteiger charge is 2.08. The summed E-state index contributed by atoms with van der Waals surface area (Å²) in [6.45, 7) is 6.66. The van der Waals surface area contributed by atoms with Gasteiger partial charge in [0.05, 0.1) is 12.2 Å². The number of allylic oxidation sites excluding steroid dienone is 1. The molecule has 0 aliphatic rings. The van der Waals surface area contributed by atoms with Gasteiger partial charge in [0.1, 0.15) is 5.75 Å². The van der Waals surface area contributed by atoms with E-state index in [9.17, 15) is 4.79 Å². The molecule has 1 rings (SSSR count). The van der Waals surface area contributed by atoms with Crippen LogP contribution in [-0.2, 0) is 11.2 Å². The van der Waals surface area contributed by atoms with E-state index in [1.165, 1.54) is 0 Å². The molecule has 3 nitrogen and oxygen atoms in total. The van der Waals surface area contributed by atoms with Gasteiger partial charge in [0.25, 0.3) is 0 Å². The van der Waals surface area contributed by atoms with Gasteiger partial charge in [-0.15, -0.1) is 6.58 Å². The molecule has 0 heterocycles. The fourth-order valence-corrected chi connectivity index (χ4v) is 1.24. The molecule has 0 aliphatic heterocycles. The summed E-state index contributed by atoms with van der Waals surface area (Å²) in [7, 11) is 0. The molecule has 0 unspecified atom stereocenters. The number of aliphatic hydroxyl groups excluding tert-OH is 1. The standard InChI is InChI=1S/C14H16O3/c1-3-4-5-12-6-8-13(9-7-12)17-14(16)11(2)10-15/h3,6-9,15H,1-2,4-5,10H2. The van der Waals surface area contributed by atoms with E-state index >= 15 is 0 Å². The minimum absolute atomic E-state index is 0.0423. The zero-order valence-corrected chi connectivity index (χ0v) is 9.69. The highest BCUT2D eigenvalue weighted by Crippen LogP contribution is 2.14. The molecule has 90 valence electrons. The van der Waals surface area contributed by atoms with Gasteiger partial charge in [-0.2, -0.15) is 0 Å². The zero-order chi connectivity index (χ0) is 12.7. The average Bonchev–Trinajstić information content (AvgIpc) is 2.37. The Morgan fingerprint density at radius 3 is 2.53 bits per heavy atom. The van der Waals surface area contributed by atoms with E-state index in [2.05, 4.69) is 13.2 Å². The molecule has 3 heteroatoms. The summed E-state index contributed by atoms with van der Waals surface area (Å²) in [4.78, 5) is 11.3. The van der Waals surface area contributed by atoms with E-state index in [1.54, 1.807) is 12.1 Å². The molecule has 0 radical (unpaired) electrons. The van der Waals surface area contributed by atoms with Gasteiger partial charge in [0.2, 0.25) is 0 Å². The van der Waals surface area contributed by atoms with Crippen molar-refractivity contribution >= 4 is 5.97 Å². The molecule has 1 N–H and O–H groups in total. The van der Waals surface area contributed by atoms with Crippen LogP contribution < -0.4 is 4.74 Å². The first-order chi connectivity index (χ1) is 8.17. The summed E-state index contributed by atoms with van der Waals surface area (Å²) in [5.41, 5.74) is 1.20. The van der Waals surface area contributed by atoms with Gasteiger partial charge in [0.15, 0.2) is 0 Å². The first-order valence-corrected chi connectivity index (χ1v) is 5.38. The summed E-state index contributed by atoms with van der Waals surface area (Å²) in [6.07, 6.45) is 3.70. The van der Waals surface area contributed by atoms with E-state index < -0.39 is 12.6 Å². The maximum atomic E-state index is 11.3. The van der Waals surface area contributed by atoms with Crippen molar-refractivity contribution in [3.8, 4) is 5.75 Å². The quantitative estimate of drug-likeness (QED) is 0.354. The van der Waals surface area contributed by atoms with Crippen LogP contribution in [0.3, 0.4) is 0 Å². The lowest BCUT2D eigenvalue weighted by Crippen LogP contribution is -2.12. The lowest BCUT2D eigenvalue weighted by atomic mass is 10.1. The number of hydrogen-bond acceptors (Lipinski definition) is 3. The number of rotatable bonds is 6. The first kappa shape index (κ1) is 13.2. The van der Waals surface area contributed by atoms with Crippen LogP contribution in [0, 0.1) is 0 Å². The fraction of sp³-hybridized carbons (Fsp3) is 0.214. The molecule has 0 spiro atoms. The minimum atomic E-state index is -0.605. The van der Waals surface area contributed by atoms with Crippen molar-refractivity contribution in [2.75, 3.05) is 6.61 Å². The van der Waals surface area contributed by atoms with E-state index in [0.29, 0.717) is 5.75 Å². The van der Waals surface area contributed by atoms with E-state index in [-0.39, 0.29) is 5.57 Å². The van der Waals surface area contributed by atoms with Crippen LogP contribution in [0.25, 0.3) is 0 Å². The number of ether oxygens (including phenoxy) is 1. The van der Waals surface area contributed by atoms with Crippen molar-refractivity contribution in [3.05, 3.63) is 54.6 Å². The summed E-state index contributed by atoms with van der Waals surface area (Å²) in [5.74, 6) is -0.154. The summed E-state index contributed by atoms with van der Waals surface area (Å²) < 4.78 is 5.01. The van der Waals surface area contributed by atoms with Crippen molar-refractivity contribution in [2.45, 2.75) is 12.8 Å². The molecule has 1 aromatic carbocycles. The summed E-state index contributed by atoms with van der Waals surface area (Å²) >= 11 is 0. The normalized spacial score (nSPS) is 9.71.